The van der Waals surface area contributed by atoms with Gasteiger partial charge in [-0.1, -0.05) is 6.92 Å². The molecule has 0 radical (unpaired) electrons. The Morgan fingerprint density at radius 2 is 2.35 bits per heavy atom. The number of hydrogen-bond acceptors (Lipinski definition) is 3. The van der Waals surface area contributed by atoms with Gasteiger partial charge in [0.25, 0.3) is 0 Å². The van der Waals surface area contributed by atoms with Gasteiger partial charge in [0.05, 0.1) is 22.0 Å². The maximum atomic E-state index is 6.01. The molecule has 2 nitrogen and oxygen atoms in total. The van der Waals surface area contributed by atoms with Gasteiger partial charge < -0.3 is 10.1 Å². The molecule has 0 saturated carbocycles. The second-order valence-corrected chi connectivity index (χ2v) is 7.13. The summed E-state index contributed by atoms with van der Waals surface area (Å²) in [7, 11) is 0. The van der Waals surface area contributed by atoms with Crippen LogP contribution in [0.1, 0.15) is 44.0 Å². The summed E-state index contributed by atoms with van der Waals surface area (Å²) in [5.74, 6) is 0. The summed E-state index contributed by atoms with van der Waals surface area (Å²) >= 11 is 5.35. The van der Waals surface area contributed by atoms with Gasteiger partial charge in [-0.15, -0.1) is 11.3 Å². The first-order chi connectivity index (χ1) is 8.20. The van der Waals surface area contributed by atoms with Crippen LogP contribution in [-0.4, -0.2) is 18.8 Å². The maximum Gasteiger partial charge on any atom is 0.0782 e. The average Bonchev–Trinajstić information content (AvgIpc) is 2.89. The van der Waals surface area contributed by atoms with Crippen molar-refractivity contribution in [3.05, 3.63) is 20.8 Å². The zero-order chi connectivity index (χ0) is 12.3. The number of hydrogen-bond donors (Lipinski definition) is 1. The van der Waals surface area contributed by atoms with Gasteiger partial charge in [-0.2, -0.15) is 0 Å². The Morgan fingerprint density at radius 3 is 2.88 bits per heavy atom. The van der Waals surface area contributed by atoms with Gasteiger partial charge in [0, 0.05) is 4.88 Å². The Hall–Kier alpha value is 0.1000. The van der Waals surface area contributed by atoms with E-state index >= 15 is 0 Å². The van der Waals surface area contributed by atoms with Crippen molar-refractivity contribution >= 4 is 27.3 Å². The first kappa shape index (κ1) is 13.5. The molecule has 1 fully saturated rings. The van der Waals surface area contributed by atoms with Gasteiger partial charge in [0.1, 0.15) is 0 Å². The summed E-state index contributed by atoms with van der Waals surface area (Å²) in [5, 5.41) is 3.63. The molecule has 3 atom stereocenters. The Bertz CT molecular complexity index is 355. The van der Waals surface area contributed by atoms with Crippen molar-refractivity contribution < 1.29 is 4.74 Å². The van der Waals surface area contributed by atoms with E-state index in [9.17, 15) is 0 Å². The normalized spacial score (nSPS) is 26.3. The van der Waals surface area contributed by atoms with Crippen LogP contribution in [0.4, 0.5) is 0 Å². The second-order valence-electron chi connectivity index (χ2n) is 4.64. The molecule has 1 N–H and O–H groups in total. The van der Waals surface area contributed by atoms with Crippen molar-refractivity contribution in [1.82, 2.24) is 5.32 Å². The molecule has 1 aliphatic heterocycles. The third kappa shape index (κ3) is 3.53. The zero-order valence-electron chi connectivity index (χ0n) is 10.4. The quantitative estimate of drug-likeness (QED) is 0.882. The average molecular weight is 318 g/mol. The molecule has 0 aromatic carbocycles. The summed E-state index contributed by atoms with van der Waals surface area (Å²) < 4.78 is 7.21. The topological polar surface area (TPSA) is 21.3 Å². The van der Waals surface area contributed by atoms with Crippen LogP contribution in [0.5, 0.6) is 0 Å². The standard InChI is InChI=1S/C13H20BrNOS/c1-3-8-15-13(10-5-4-9(2)16-10)11-6-7-12(14)17-11/h6-7,9-10,13,15H,3-5,8H2,1-2H3. The van der Waals surface area contributed by atoms with Crippen LogP contribution in [-0.2, 0) is 4.74 Å². The largest absolute Gasteiger partial charge is 0.373 e. The van der Waals surface area contributed by atoms with E-state index in [1.807, 2.05) is 11.3 Å². The molecule has 0 aliphatic carbocycles. The van der Waals surface area contributed by atoms with Gasteiger partial charge in [-0.3, -0.25) is 0 Å². The van der Waals surface area contributed by atoms with Gasteiger partial charge in [0.15, 0.2) is 0 Å². The Morgan fingerprint density at radius 1 is 1.53 bits per heavy atom. The number of halogens is 1. The van der Waals surface area contributed by atoms with Gasteiger partial charge in [-0.25, -0.2) is 0 Å². The second kappa shape index (κ2) is 6.32. The molecule has 1 aromatic heterocycles. The molecular formula is C13H20BrNOS. The molecule has 2 rings (SSSR count). The molecule has 1 saturated heterocycles. The Labute approximate surface area is 116 Å². The molecule has 0 spiro atoms. The van der Waals surface area contributed by atoms with Crippen LogP contribution in [0.15, 0.2) is 15.9 Å². The molecule has 1 aliphatic rings. The molecule has 0 amide bonds. The summed E-state index contributed by atoms with van der Waals surface area (Å²) in [5.41, 5.74) is 0. The van der Waals surface area contributed by atoms with Crippen molar-refractivity contribution in [3.8, 4) is 0 Å². The highest BCUT2D eigenvalue weighted by Crippen LogP contribution is 2.35. The van der Waals surface area contributed by atoms with Crippen molar-refractivity contribution in [2.45, 2.75) is 51.4 Å². The molecular weight excluding hydrogens is 298 g/mol. The van der Waals surface area contributed by atoms with Gasteiger partial charge in [-0.05, 0) is 60.8 Å². The molecule has 1 aromatic rings. The Balaban J connectivity index is 2.07. The minimum Gasteiger partial charge on any atom is -0.373 e. The smallest absolute Gasteiger partial charge is 0.0782 e. The summed E-state index contributed by atoms with van der Waals surface area (Å²) in [6.07, 6.45) is 4.25. The predicted molar refractivity (Wildman–Crippen MR) is 76.6 cm³/mol. The zero-order valence-corrected chi connectivity index (χ0v) is 12.8. The number of thiophene rings is 1. The fourth-order valence-corrected chi connectivity index (χ4v) is 3.84. The molecule has 2 heterocycles. The minimum absolute atomic E-state index is 0.335. The fourth-order valence-electron chi connectivity index (χ4n) is 2.29. The molecule has 3 unspecified atom stereocenters. The van der Waals surface area contributed by atoms with Crippen LogP contribution in [0.2, 0.25) is 0 Å². The lowest BCUT2D eigenvalue weighted by Gasteiger charge is -2.23. The third-order valence-corrected chi connectivity index (χ3v) is 4.86. The van der Waals surface area contributed by atoms with E-state index in [0.29, 0.717) is 18.2 Å². The van der Waals surface area contributed by atoms with E-state index < -0.39 is 0 Å². The molecule has 17 heavy (non-hydrogen) atoms. The van der Waals surface area contributed by atoms with Crippen LogP contribution >= 0.6 is 27.3 Å². The number of nitrogens with one attached hydrogen (secondary N) is 1. The lowest BCUT2D eigenvalue weighted by atomic mass is 10.1. The Kier molecular flexibility index (Phi) is 5.03. The fraction of sp³-hybridized carbons (Fsp3) is 0.692. The van der Waals surface area contributed by atoms with Crippen LogP contribution < -0.4 is 5.32 Å². The SMILES string of the molecule is CCCNC(c1ccc(Br)s1)C1CCC(C)O1. The maximum absolute atomic E-state index is 6.01. The van der Waals surface area contributed by atoms with Crippen LogP contribution in [0.25, 0.3) is 0 Å². The highest BCUT2D eigenvalue weighted by molar-refractivity contribution is 9.11. The predicted octanol–water partition coefficient (Wildman–Crippen LogP) is 4.12. The van der Waals surface area contributed by atoms with Gasteiger partial charge >= 0.3 is 0 Å². The lowest BCUT2D eigenvalue weighted by Crippen LogP contribution is -2.32. The summed E-state index contributed by atoms with van der Waals surface area (Å²) in [6.45, 7) is 5.42. The van der Waals surface area contributed by atoms with E-state index in [4.69, 9.17) is 4.74 Å². The number of ether oxygens (including phenoxy) is 1. The van der Waals surface area contributed by atoms with Crippen molar-refractivity contribution in [3.63, 3.8) is 0 Å². The van der Waals surface area contributed by atoms with Crippen LogP contribution in [0.3, 0.4) is 0 Å². The molecule has 4 heteroatoms. The third-order valence-electron chi connectivity index (χ3n) is 3.15. The number of rotatable bonds is 5. The van der Waals surface area contributed by atoms with Crippen molar-refractivity contribution in [1.29, 1.82) is 0 Å². The van der Waals surface area contributed by atoms with Crippen molar-refractivity contribution in [2.24, 2.45) is 0 Å². The first-order valence-electron chi connectivity index (χ1n) is 6.34. The van der Waals surface area contributed by atoms with E-state index in [-0.39, 0.29) is 0 Å². The molecule has 96 valence electrons. The van der Waals surface area contributed by atoms with E-state index in [1.165, 1.54) is 15.1 Å². The lowest BCUT2D eigenvalue weighted by molar-refractivity contribution is 0.0324. The highest BCUT2D eigenvalue weighted by Gasteiger charge is 2.31. The highest BCUT2D eigenvalue weighted by atomic mass is 79.9. The monoisotopic (exact) mass is 317 g/mol. The van der Waals surface area contributed by atoms with E-state index in [0.717, 1.165) is 19.4 Å². The summed E-state index contributed by atoms with van der Waals surface area (Å²) in [4.78, 5) is 1.38. The minimum atomic E-state index is 0.335. The molecule has 0 bridgehead atoms. The van der Waals surface area contributed by atoms with E-state index in [1.54, 1.807) is 0 Å². The van der Waals surface area contributed by atoms with Gasteiger partial charge in [0.2, 0.25) is 0 Å². The summed E-state index contributed by atoms with van der Waals surface area (Å²) in [6, 6.07) is 4.68. The van der Waals surface area contributed by atoms with E-state index in [2.05, 4.69) is 47.2 Å². The first-order valence-corrected chi connectivity index (χ1v) is 7.95. The van der Waals surface area contributed by atoms with Crippen LogP contribution in [0, 0.1) is 0 Å². The van der Waals surface area contributed by atoms with Crippen molar-refractivity contribution in [2.75, 3.05) is 6.54 Å².